The molecule has 0 bridgehead atoms. The van der Waals surface area contributed by atoms with E-state index < -0.39 is 0 Å². The summed E-state index contributed by atoms with van der Waals surface area (Å²) in [5, 5.41) is 3.14. The van der Waals surface area contributed by atoms with Crippen LogP contribution in [0.5, 0.6) is 11.6 Å². The first-order valence-corrected chi connectivity index (χ1v) is 7.18. The summed E-state index contributed by atoms with van der Waals surface area (Å²) in [4.78, 5) is 4.03. The Hall–Kier alpha value is -1.46. The van der Waals surface area contributed by atoms with Crippen LogP contribution in [0.4, 0.5) is 4.39 Å². The van der Waals surface area contributed by atoms with E-state index in [4.69, 9.17) is 4.74 Å². The monoisotopic (exact) mass is 338 g/mol. The highest BCUT2D eigenvalue weighted by Crippen LogP contribution is 2.31. The van der Waals surface area contributed by atoms with E-state index in [1.54, 1.807) is 0 Å². The van der Waals surface area contributed by atoms with Gasteiger partial charge in [-0.3, -0.25) is 0 Å². The maximum absolute atomic E-state index is 13.3. The molecule has 20 heavy (non-hydrogen) atoms. The second-order valence-electron chi connectivity index (χ2n) is 4.43. The molecule has 106 valence electrons. The Morgan fingerprint density at radius 2 is 2.15 bits per heavy atom. The van der Waals surface area contributed by atoms with Crippen molar-refractivity contribution in [2.45, 2.75) is 20.4 Å². The van der Waals surface area contributed by atoms with Crippen LogP contribution < -0.4 is 10.1 Å². The molecule has 0 aliphatic heterocycles. The van der Waals surface area contributed by atoms with E-state index in [0.717, 1.165) is 22.8 Å². The molecule has 3 nitrogen and oxygen atoms in total. The Balaban J connectivity index is 2.27. The summed E-state index contributed by atoms with van der Waals surface area (Å²) >= 11 is 3.45. The first-order valence-electron chi connectivity index (χ1n) is 6.39. The van der Waals surface area contributed by atoms with E-state index in [-0.39, 0.29) is 5.82 Å². The Labute approximate surface area is 126 Å². The third-order valence-electron chi connectivity index (χ3n) is 2.75. The van der Waals surface area contributed by atoms with Crippen LogP contribution in [0.15, 0.2) is 34.9 Å². The highest BCUT2D eigenvalue weighted by Gasteiger charge is 2.10. The largest absolute Gasteiger partial charge is 0.438 e. The Kier molecular flexibility index (Phi) is 5.09. The second kappa shape index (κ2) is 6.81. The molecule has 0 fully saturated rings. The van der Waals surface area contributed by atoms with Crippen LogP contribution >= 0.6 is 15.9 Å². The molecule has 1 aromatic heterocycles. The first-order chi connectivity index (χ1) is 9.60. The van der Waals surface area contributed by atoms with E-state index in [1.807, 2.05) is 32.0 Å². The molecule has 0 spiro atoms. The van der Waals surface area contributed by atoms with Crippen molar-refractivity contribution in [2.75, 3.05) is 6.54 Å². The summed E-state index contributed by atoms with van der Waals surface area (Å²) in [7, 11) is 0. The van der Waals surface area contributed by atoms with Crippen LogP contribution in [0.1, 0.15) is 18.1 Å². The summed E-state index contributed by atoms with van der Waals surface area (Å²) in [6, 6.07) is 7.21. The van der Waals surface area contributed by atoms with Crippen molar-refractivity contribution in [2.24, 2.45) is 0 Å². The summed E-state index contributed by atoms with van der Waals surface area (Å²) in [6.45, 7) is 5.30. The lowest BCUT2D eigenvalue weighted by Crippen LogP contribution is -2.13. The van der Waals surface area contributed by atoms with Gasteiger partial charge in [-0.2, -0.15) is 0 Å². The van der Waals surface area contributed by atoms with Gasteiger partial charge in [-0.05, 0) is 53.2 Å². The molecule has 2 aromatic rings. The van der Waals surface area contributed by atoms with Gasteiger partial charge in [-0.15, -0.1) is 0 Å². The van der Waals surface area contributed by atoms with Crippen molar-refractivity contribution >= 4 is 15.9 Å². The van der Waals surface area contributed by atoms with Gasteiger partial charge in [-0.25, -0.2) is 9.37 Å². The first kappa shape index (κ1) is 14.9. The summed E-state index contributed by atoms with van der Waals surface area (Å²) in [6.07, 6.45) is 1.16. The lowest BCUT2D eigenvalue weighted by molar-refractivity contribution is 0.446. The van der Waals surface area contributed by atoms with Gasteiger partial charge in [0.2, 0.25) is 5.88 Å². The van der Waals surface area contributed by atoms with Crippen LogP contribution in [0.25, 0.3) is 0 Å². The number of halogens is 2. The number of hydrogen-bond donors (Lipinski definition) is 1. The van der Waals surface area contributed by atoms with Gasteiger partial charge in [-0.1, -0.05) is 13.0 Å². The number of pyridine rings is 1. The molecule has 1 heterocycles. The lowest BCUT2D eigenvalue weighted by atomic mass is 10.2. The molecule has 0 amide bonds. The van der Waals surface area contributed by atoms with Crippen molar-refractivity contribution in [3.05, 3.63) is 51.9 Å². The number of ether oxygens (including phenoxy) is 1. The number of benzene rings is 1. The smallest absolute Gasteiger partial charge is 0.223 e. The van der Waals surface area contributed by atoms with Crippen molar-refractivity contribution in [3.63, 3.8) is 0 Å². The second-order valence-corrected chi connectivity index (χ2v) is 5.29. The summed E-state index contributed by atoms with van der Waals surface area (Å²) in [5.74, 6) is 0.706. The van der Waals surface area contributed by atoms with Gasteiger partial charge in [0.15, 0.2) is 0 Å². The Morgan fingerprint density at radius 1 is 1.35 bits per heavy atom. The molecule has 0 radical (unpaired) electrons. The van der Waals surface area contributed by atoms with Crippen LogP contribution in [0, 0.1) is 12.7 Å². The average Bonchev–Trinajstić information content (AvgIpc) is 2.41. The zero-order chi connectivity index (χ0) is 14.5. The Bertz CT molecular complexity index is 604. The molecule has 1 aromatic carbocycles. The molecule has 0 aliphatic rings. The molecule has 1 N–H and O–H groups in total. The maximum Gasteiger partial charge on any atom is 0.223 e. The molecule has 0 saturated carbocycles. The van der Waals surface area contributed by atoms with Crippen LogP contribution in [-0.2, 0) is 6.54 Å². The summed E-state index contributed by atoms with van der Waals surface area (Å²) in [5.41, 5.74) is 1.82. The third kappa shape index (κ3) is 3.77. The number of nitrogens with zero attached hydrogens (tertiary/aromatic N) is 1. The number of nitrogens with one attached hydrogen (secondary N) is 1. The quantitative estimate of drug-likeness (QED) is 0.887. The van der Waals surface area contributed by atoms with E-state index in [1.165, 1.54) is 6.07 Å². The average molecular weight is 339 g/mol. The molecule has 0 unspecified atom stereocenters. The molecule has 5 heteroatoms. The molecular formula is C15H16BrFN2O. The van der Waals surface area contributed by atoms with Crippen molar-refractivity contribution in [3.8, 4) is 11.6 Å². The van der Waals surface area contributed by atoms with Gasteiger partial charge < -0.3 is 10.1 Å². The fraction of sp³-hybridized carbons (Fsp3) is 0.267. The fourth-order valence-electron chi connectivity index (χ4n) is 1.74. The predicted molar refractivity (Wildman–Crippen MR) is 80.5 cm³/mol. The van der Waals surface area contributed by atoms with E-state index in [9.17, 15) is 4.39 Å². The van der Waals surface area contributed by atoms with Gasteiger partial charge in [0.05, 0.1) is 10.7 Å². The zero-order valence-electron chi connectivity index (χ0n) is 11.4. The van der Waals surface area contributed by atoms with Gasteiger partial charge in [0.25, 0.3) is 0 Å². The fourth-order valence-corrected chi connectivity index (χ4v) is 2.31. The van der Waals surface area contributed by atoms with Crippen LogP contribution in [-0.4, -0.2) is 11.5 Å². The van der Waals surface area contributed by atoms with Gasteiger partial charge in [0.1, 0.15) is 11.6 Å². The maximum atomic E-state index is 13.3. The van der Waals surface area contributed by atoms with E-state index >= 15 is 0 Å². The molecule has 0 aliphatic carbocycles. The van der Waals surface area contributed by atoms with E-state index in [0.29, 0.717) is 23.7 Å². The minimum atomic E-state index is -0.367. The van der Waals surface area contributed by atoms with Crippen LogP contribution in [0.2, 0.25) is 0 Å². The zero-order valence-corrected chi connectivity index (χ0v) is 13.0. The van der Waals surface area contributed by atoms with Crippen molar-refractivity contribution in [1.82, 2.24) is 10.3 Å². The van der Waals surface area contributed by atoms with E-state index in [2.05, 4.69) is 26.2 Å². The molecule has 2 rings (SSSR count). The van der Waals surface area contributed by atoms with Crippen molar-refractivity contribution < 1.29 is 9.13 Å². The summed E-state index contributed by atoms with van der Waals surface area (Å²) < 4.78 is 19.9. The highest BCUT2D eigenvalue weighted by atomic mass is 79.9. The molecule has 0 atom stereocenters. The number of aryl methyl sites for hydroxylation is 1. The van der Waals surface area contributed by atoms with Crippen LogP contribution in [0.3, 0.4) is 0 Å². The highest BCUT2D eigenvalue weighted by molar-refractivity contribution is 9.10. The molecule has 0 saturated heterocycles. The Morgan fingerprint density at radius 3 is 2.85 bits per heavy atom. The number of rotatable bonds is 5. The standard InChI is InChI=1S/C15H16BrFN2O/c1-3-18-8-11-7-12(17)9-19-15(11)20-14-5-4-10(2)6-13(14)16/h4-7,9,18H,3,8H2,1-2H3. The van der Waals surface area contributed by atoms with Gasteiger partial charge in [0, 0.05) is 12.1 Å². The third-order valence-corrected chi connectivity index (χ3v) is 3.37. The predicted octanol–water partition coefficient (Wildman–Crippen LogP) is 4.19. The topological polar surface area (TPSA) is 34.2 Å². The normalized spacial score (nSPS) is 10.6. The number of hydrogen-bond acceptors (Lipinski definition) is 3. The minimum absolute atomic E-state index is 0.367. The number of aromatic nitrogens is 1. The lowest BCUT2D eigenvalue weighted by Gasteiger charge is -2.12. The minimum Gasteiger partial charge on any atom is -0.438 e. The van der Waals surface area contributed by atoms with Crippen molar-refractivity contribution in [1.29, 1.82) is 0 Å². The van der Waals surface area contributed by atoms with Gasteiger partial charge >= 0.3 is 0 Å². The molecular weight excluding hydrogens is 323 g/mol. The SMILES string of the molecule is CCNCc1cc(F)cnc1Oc1ccc(C)cc1Br.